The van der Waals surface area contributed by atoms with Crippen molar-refractivity contribution in [2.45, 2.75) is 6.92 Å². The van der Waals surface area contributed by atoms with Gasteiger partial charge in [0, 0.05) is 10.8 Å². The van der Waals surface area contributed by atoms with Crippen molar-refractivity contribution in [2.24, 2.45) is 0 Å². The predicted molar refractivity (Wildman–Crippen MR) is 48.9 cm³/mol. The molecule has 0 aliphatic carbocycles. The van der Waals surface area contributed by atoms with Crippen molar-refractivity contribution in [3.8, 4) is 11.3 Å². The largest absolute Gasteiger partial charge is 0.342 e. The predicted octanol–water partition coefficient (Wildman–Crippen LogP) is 2.23. The van der Waals surface area contributed by atoms with Gasteiger partial charge in [-0.05, 0) is 25.5 Å². The Bertz CT molecular complexity index is 420. The summed E-state index contributed by atoms with van der Waals surface area (Å²) >= 11 is 0. The molecule has 2 aromatic rings. The molecule has 0 amide bonds. The average molecular weight is 173 g/mol. The highest BCUT2D eigenvalue weighted by Gasteiger charge is 2.06. The van der Waals surface area contributed by atoms with Crippen LogP contribution in [0.1, 0.15) is 11.3 Å². The van der Waals surface area contributed by atoms with Crippen LogP contribution < -0.4 is 0 Å². The second-order valence-corrected chi connectivity index (χ2v) is 2.88. The summed E-state index contributed by atoms with van der Waals surface area (Å²) in [6.45, 7) is 5.68. The fourth-order valence-corrected chi connectivity index (χ4v) is 1.22. The molecule has 0 fully saturated rings. The van der Waals surface area contributed by atoms with Crippen LogP contribution in [0, 0.1) is 13.8 Å². The molecular formula is C10H9N2O. The van der Waals surface area contributed by atoms with Gasteiger partial charge >= 0.3 is 0 Å². The molecule has 0 unspecified atom stereocenters. The van der Waals surface area contributed by atoms with Crippen LogP contribution in [0.3, 0.4) is 0 Å². The molecule has 0 aliphatic rings. The summed E-state index contributed by atoms with van der Waals surface area (Å²) in [7, 11) is 0. The van der Waals surface area contributed by atoms with Crippen molar-refractivity contribution >= 4 is 0 Å². The normalized spacial score (nSPS) is 10.3. The van der Waals surface area contributed by atoms with E-state index in [1.165, 1.54) is 0 Å². The van der Waals surface area contributed by atoms with Crippen molar-refractivity contribution in [2.75, 3.05) is 0 Å². The third-order valence-corrected chi connectivity index (χ3v) is 1.85. The van der Waals surface area contributed by atoms with Gasteiger partial charge in [-0.3, -0.25) is 0 Å². The Morgan fingerprint density at radius 2 is 2.23 bits per heavy atom. The minimum absolute atomic E-state index is 0.727. The Morgan fingerprint density at radius 3 is 2.85 bits per heavy atom. The summed E-state index contributed by atoms with van der Waals surface area (Å²) in [6.07, 6.45) is 0. The topological polar surface area (TPSA) is 38.9 Å². The van der Waals surface area contributed by atoms with E-state index in [0.29, 0.717) is 0 Å². The van der Waals surface area contributed by atoms with Gasteiger partial charge in [0.25, 0.3) is 0 Å². The van der Waals surface area contributed by atoms with E-state index in [1.54, 1.807) is 0 Å². The van der Waals surface area contributed by atoms with E-state index in [2.05, 4.69) is 17.3 Å². The summed E-state index contributed by atoms with van der Waals surface area (Å²) in [4.78, 5) is 0. The van der Waals surface area contributed by atoms with Crippen LogP contribution in [0.25, 0.3) is 11.3 Å². The molecule has 3 nitrogen and oxygen atoms in total. The number of hydrogen-bond donors (Lipinski definition) is 0. The maximum Gasteiger partial charge on any atom is 0.162 e. The highest BCUT2D eigenvalue weighted by molar-refractivity contribution is 5.61. The second-order valence-electron chi connectivity index (χ2n) is 2.88. The summed E-state index contributed by atoms with van der Waals surface area (Å²) in [5.41, 5.74) is 2.73. The molecule has 65 valence electrons. The van der Waals surface area contributed by atoms with E-state index < -0.39 is 0 Å². The third-order valence-electron chi connectivity index (χ3n) is 1.85. The number of hydrogen-bond acceptors (Lipinski definition) is 3. The zero-order valence-electron chi connectivity index (χ0n) is 7.32. The van der Waals surface area contributed by atoms with E-state index >= 15 is 0 Å². The van der Waals surface area contributed by atoms with E-state index in [4.69, 9.17) is 4.52 Å². The van der Waals surface area contributed by atoms with Crippen molar-refractivity contribution < 1.29 is 4.52 Å². The van der Waals surface area contributed by atoms with E-state index in [-0.39, 0.29) is 0 Å². The van der Waals surface area contributed by atoms with Gasteiger partial charge in [0.05, 0.1) is 0 Å². The van der Waals surface area contributed by atoms with Crippen LogP contribution in [0.4, 0.5) is 0 Å². The highest BCUT2D eigenvalue weighted by atomic mass is 16.5. The Morgan fingerprint density at radius 1 is 1.38 bits per heavy atom. The van der Waals surface area contributed by atoms with Crippen LogP contribution in [0.2, 0.25) is 0 Å². The average Bonchev–Trinajstić information content (AvgIpc) is 2.51. The van der Waals surface area contributed by atoms with Crippen molar-refractivity contribution in [1.29, 1.82) is 0 Å². The molecule has 13 heavy (non-hydrogen) atoms. The minimum atomic E-state index is 0.727. The molecule has 0 atom stereocenters. The summed E-state index contributed by atoms with van der Waals surface area (Å²) < 4.78 is 4.88. The quantitative estimate of drug-likeness (QED) is 0.663. The first-order valence-corrected chi connectivity index (χ1v) is 3.99. The molecule has 0 aliphatic heterocycles. The molecule has 1 aromatic carbocycles. The number of aromatic nitrogens is 2. The Labute approximate surface area is 76.4 Å². The summed E-state index contributed by atoms with van der Waals surface area (Å²) in [6, 6.07) is 7.78. The van der Waals surface area contributed by atoms with Crippen LogP contribution in [0.15, 0.2) is 28.8 Å². The first-order valence-electron chi connectivity index (χ1n) is 3.99. The zero-order chi connectivity index (χ0) is 9.26. The Kier molecular flexibility index (Phi) is 1.85. The fourth-order valence-electron chi connectivity index (χ4n) is 1.22. The maximum absolute atomic E-state index is 4.88. The number of benzene rings is 1. The zero-order valence-corrected chi connectivity index (χ0v) is 7.32. The molecule has 1 aromatic heterocycles. The van der Waals surface area contributed by atoms with E-state index in [9.17, 15) is 0 Å². The maximum atomic E-state index is 4.88. The van der Waals surface area contributed by atoms with Gasteiger partial charge in [-0.2, -0.15) is 0 Å². The Hall–Kier alpha value is -1.64. The Balaban J connectivity index is 2.53. The molecule has 0 saturated carbocycles. The van der Waals surface area contributed by atoms with Gasteiger partial charge in [0.2, 0.25) is 0 Å². The minimum Gasteiger partial charge on any atom is -0.342 e. The SMILES string of the molecule is [CH2]c1cccc(-c2nnoc2C)c1. The number of rotatable bonds is 1. The molecule has 0 saturated heterocycles. The molecule has 0 N–H and O–H groups in total. The lowest BCUT2D eigenvalue weighted by atomic mass is 10.1. The number of nitrogens with zero attached hydrogens (tertiary/aromatic N) is 2. The van der Waals surface area contributed by atoms with E-state index in [0.717, 1.165) is 22.6 Å². The second kappa shape index (κ2) is 3.01. The van der Waals surface area contributed by atoms with E-state index in [1.807, 2.05) is 31.2 Å². The molecule has 0 bridgehead atoms. The van der Waals surface area contributed by atoms with Crippen LogP contribution in [-0.4, -0.2) is 10.4 Å². The summed E-state index contributed by atoms with van der Waals surface area (Å²) in [5.74, 6) is 0.727. The number of aryl methyl sites for hydroxylation is 1. The van der Waals surface area contributed by atoms with Crippen molar-refractivity contribution in [1.82, 2.24) is 10.4 Å². The van der Waals surface area contributed by atoms with Crippen LogP contribution >= 0.6 is 0 Å². The highest BCUT2D eigenvalue weighted by Crippen LogP contribution is 2.20. The van der Waals surface area contributed by atoms with Gasteiger partial charge in [-0.15, -0.1) is 5.10 Å². The van der Waals surface area contributed by atoms with Crippen LogP contribution in [-0.2, 0) is 0 Å². The molecule has 2 rings (SSSR count). The molecular weight excluding hydrogens is 164 g/mol. The standard InChI is InChI=1S/C10H9N2O/c1-7-4-3-5-9(6-7)10-8(2)13-12-11-10/h3-6H,1H2,2H3. The first-order chi connectivity index (χ1) is 6.27. The third kappa shape index (κ3) is 1.45. The smallest absolute Gasteiger partial charge is 0.162 e. The lowest BCUT2D eigenvalue weighted by Crippen LogP contribution is -1.81. The fraction of sp³-hybridized carbons (Fsp3) is 0.100. The van der Waals surface area contributed by atoms with Gasteiger partial charge in [-0.1, -0.05) is 18.2 Å². The van der Waals surface area contributed by atoms with Gasteiger partial charge in [0.1, 0.15) is 5.69 Å². The van der Waals surface area contributed by atoms with Gasteiger partial charge in [0.15, 0.2) is 5.76 Å². The molecule has 3 heteroatoms. The van der Waals surface area contributed by atoms with Gasteiger partial charge < -0.3 is 4.52 Å². The van der Waals surface area contributed by atoms with Gasteiger partial charge in [-0.25, -0.2) is 0 Å². The molecule has 1 radical (unpaired) electrons. The molecule has 1 heterocycles. The van der Waals surface area contributed by atoms with Crippen molar-refractivity contribution in [3.05, 3.63) is 42.5 Å². The first kappa shape index (κ1) is 7.98. The monoisotopic (exact) mass is 173 g/mol. The molecule has 0 spiro atoms. The summed E-state index contributed by atoms with van der Waals surface area (Å²) in [5, 5.41) is 7.37. The lowest BCUT2D eigenvalue weighted by Gasteiger charge is -1.96. The van der Waals surface area contributed by atoms with Crippen molar-refractivity contribution in [3.63, 3.8) is 0 Å². The van der Waals surface area contributed by atoms with Crippen LogP contribution in [0.5, 0.6) is 0 Å². The lowest BCUT2D eigenvalue weighted by molar-refractivity contribution is 0.374.